The van der Waals surface area contributed by atoms with Gasteiger partial charge in [-0.15, -0.1) is 11.3 Å². The first-order valence-corrected chi connectivity index (χ1v) is 10.7. The maximum atomic E-state index is 12.6. The number of hydrogen-bond acceptors (Lipinski definition) is 5. The van der Waals surface area contributed by atoms with Crippen molar-refractivity contribution in [2.24, 2.45) is 5.10 Å². The van der Waals surface area contributed by atoms with Crippen molar-refractivity contribution in [3.63, 3.8) is 0 Å². The van der Waals surface area contributed by atoms with Crippen molar-refractivity contribution in [2.75, 3.05) is 0 Å². The molecule has 0 aliphatic heterocycles. The molecule has 1 aromatic heterocycles. The highest BCUT2D eigenvalue weighted by Crippen LogP contribution is 2.35. The zero-order chi connectivity index (χ0) is 21.8. The lowest BCUT2D eigenvalue weighted by atomic mass is 10.2. The van der Waals surface area contributed by atoms with E-state index in [-0.39, 0.29) is 5.91 Å². The summed E-state index contributed by atoms with van der Waals surface area (Å²) < 4.78 is 6.40. The summed E-state index contributed by atoms with van der Waals surface area (Å²) in [6, 6.07) is 20.8. The van der Waals surface area contributed by atoms with Gasteiger partial charge in [-0.2, -0.15) is 5.10 Å². The second-order valence-corrected chi connectivity index (χ2v) is 8.28. The molecule has 1 N–H and O–H groups in total. The van der Waals surface area contributed by atoms with Gasteiger partial charge >= 0.3 is 5.97 Å². The fraction of sp³-hybridized carbons (Fsp3) is 0. The summed E-state index contributed by atoms with van der Waals surface area (Å²) in [6.45, 7) is 0. The maximum absolute atomic E-state index is 12.6. The van der Waals surface area contributed by atoms with Crippen LogP contribution in [0.5, 0.6) is 5.75 Å². The van der Waals surface area contributed by atoms with Gasteiger partial charge in [0.25, 0.3) is 5.91 Å². The molecule has 4 aromatic rings. The molecule has 8 heteroatoms. The standard InChI is InChI=1S/C23H14Cl2N2O3S/c24-16-10-8-15(9-11-16)22(28)27-26-13-14-4-3-5-17(12-14)30-23(29)21-20(25)18-6-1-2-7-19(18)31-21/h1-13H,(H,27,28). The number of esters is 1. The van der Waals surface area contributed by atoms with E-state index in [0.717, 1.165) is 10.1 Å². The van der Waals surface area contributed by atoms with E-state index >= 15 is 0 Å². The zero-order valence-electron chi connectivity index (χ0n) is 15.8. The third-order valence-electron chi connectivity index (χ3n) is 4.28. The number of ether oxygens (including phenoxy) is 1. The van der Waals surface area contributed by atoms with Crippen molar-refractivity contribution in [1.82, 2.24) is 5.43 Å². The molecule has 31 heavy (non-hydrogen) atoms. The van der Waals surface area contributed by atoms with E-state index in [1.54, 1.807) is 48.5 Å². The molecule has 0 bridgehead atoms. The van der Waals surface area contributed by atoms with Gasteiger partial charge in [-0.3, -0.25) is 4.79 Å². The van der Waals surface area contributed by atoms with Gasteiger partial charge in [0.15, 0.2) is 0 Å². The van der Waals surface area contributed by atoms with Crippen molar-refractivity contribution in [3.05, 3.63) is 98.8 Å². The third kappa shape index (κ3) is 4.94. The van der Waals surface area contributed by atoms with Crippen LogP contribution in [0.4, 0.5) is 0 Å². The van der Waals surface area contributed by atoms with Gasteiger partial charge in [0.1, 0.15) is 10.6 Å². The average molecular weight is 469 g/mol. The summed E-state index contributed by atoms with van der Waals surface area (Å²) in [5.74, 6) is -0.558. The summed E-state index contributed by atoms with van der Waals surface area (Å²) in [7, 11) is 0. The lowest BCUT2D eigenvalue weighted by molar-refractivity contribution is 0.0740. The van der Waals surface area contributed by atoms with Crippen molar-refractivity contribution >= 4 is 62.7 Å². The summed E-state index contributed by atoms with van der Waals surface area (Å²) >= 11 is 13.4. The monoisotopic (exact) mass is 468 g/mol. The number of rotatable bonds is 5. The van der Waals surface area contributed by atoms with Crippen LogP contribution in [0.1, 0.15) is 25.6 Å². The molecule has 0 spiro atoms. The van der Waals surface area contributed by atoms with Gasteiger partial charge in [0, 0.05) is 20.7 Å². The lowest BCUT2D eigenvalue weighted by Gasteiger charge is -2.04. The van der Waals surface area contributed by atoms with Gasteiger partial charge in [-0.1, -0.05) is 53.5 Å². The third-order valence-corrected chi connectivity index (χ3v) is 6.18. The minimum absolute atomic E-state index is 0.339. The predicted octanol–water partition coefficient (Wildman–Crippen LogP) is 6.19. The zero-order valence-corrected chi connectivity index (χ0v) is 18.2. The Balaban J connectivity index is 1.43. The van der Waals surface area contributed by atoms with E-state index in [1.165, 1.54) is 17.6 Å². The quantitative estimate of drug-likeness (QED) is 0.164. The number of thiophene rings is 1. The highest BCUT2D eigenvalue weighted by atomic mass is 35.5. The maximum Gasteiger partial charge on any atom is 0.355 e. The molecule has 154 valence electrons. The number of hydrazone groups is 1. The predicted molar refractivity (Wildman–Crippen MR) is 125 cm³/mol. The van der Waals surface area contributed by atoms with E-state index in [1.807, 2.05) is 24.3 Å². The van der Waals surface area contributed by atoms with Crippen LogP contribution in [-0.2, 0) is 0 Å². The number of amides is 1. The van der Waals surface area contributed by atoms with E-state index in [9.17, 15) is 9.59 Å². The number of halogens is 2. The smallest absolute Gasteiger partial charge is 0.355 e. The Bertz CT molecular complexity index is 1300. The summed E-state index contributed by atoms with van der Waals surface area (Å²) in [5, 5.41) is 5.69. The molecule has 0 aliphatic carbocycles. The second kappa shape index (κ2) is 9.31. The van der Waals surface area contributed by atoms with Crippen LogP contribution in [0, 0.1) is 0 Å². The highest BCUT2D eigenvalue weighted by Gasteiger charge is 2.19. The summed E-state index contributed by atoms with van der Waals surface area (Å²) in [5.41, 5.74) is 3.52. The van der Waals surface area contributed by atoms with E-state index < -0.39 is 5.97 Å². The molecule has 3 aromatic carbocycles. The molecule has 0 radical (unpaired) electrons. The molecule has 0 saturated heterocycles. The van der Waals surface area contributed by atoms with Crippen LogP contribution in [0.3, 0.4) is 0 Å². The van der Waals surface area contributed by atoms with Gasteiger partial charge in [-0.05, 0) is 48.0 Å². The van der Waals surface area contributed by atoms with Crippen molar-refractivity contribution < 1.29 is 14.3 Å². The Morgan fingerprint density at radius 3 is 2.52 bits per heavy atom. The largest absolute Gasteiger partial charge is 0.422 e. The second-order valence-electron chi connectivity index (χ2n) is 6.41. The van der Waals surface area contributed by atoms with E-state index in [0.29, 0.717) is 31.8 Å². The first-order chi connectivity index (χ1) is 15.0. The molecule has 5 nitrogen and oxygen atoms in total. The molecule has 0 saturated carbocycles. The van der Waals surface area contributed by atoms with Crippen LogP contribution in [0.15, 0.2) is 77.9 Å². The summed E-state index contributed by atoms with van der Waals surface area (Å²) in [6.07, 6.45) is 1.46. The van der Waals surface area contributed by atoms with Gasteiger partial charge in [0.05, 0.1) is 11.2 Å². The molecular formula is C23H14Cl2N2O3S. The van der Waals surface area contributed by atoms with Crippen LogP contribution in [0.25, 0.3) is 10.1 Å². The van der Waals surface area contributed by atoms with E-state index in [2.05, 4.69) is 10.5 Å². The molecule has 0 atom stereocenters. The normalized spacial score (nSPS) is 11.0. The number of carbonyl (C=O) groups is 2. The van der Waals surface area contributed by atoms with Crippen molar-refractivity contribution in [3.8, 4) is 5.75 Å². The molecule has 0 aliphatic rings. The Kier molecular flexibility index (Phi) is 6.32. The Morgan fingerprint density at radius 1 is 0.968 bits per heavy atom. The van der Waals surface area contributed by atoms with Crippen LogP contribution in [0.2, 0.25) is 10.0 Å². The minimum Gasteiger partial charge on any atom is -0.422 e. The number of hydrogen-bond donors (Lipinski definition) is 1. The number of nitrogens with one attached hydrogen (secondary N) is 1. The minimum atomic E-state index is -0.531. The molecule has 1 amide bonds. The lowest BCUT2D eigenvalue weighted by Crippen LogP contribution is -2.17. The SMILES string of the molecule is O=C(NN=Cc1cccc(OC(=O)c2sc3ccccc3c2Cl)c1)c1ccc(Cl)cc1. The van der Waals surface area contributed by atoms with Crippen LogP contribution >= 0.6 is 34.5 Å². The van der Waals surface area contributed by atoms with Gasteiger partial charge < -0.3 is 4.74 Å². The average Bonchev–Trinajstić information content (AvgIpc) is 3.11. The number of nitrogens with zero attached hydrogens (tertiary/aromatic N) is 1. The fourth-order valence-electron chi connectivity index (χ4n) is 2.79. The molecule has 4 rings (SSSR count). The van der Waals surface area contributed by atoms with Crippen LogP contribution < -0.4 is 10.2 Å². The number of benzene rings is 3. The topological polar surface area (TPSA) is 67.8 Å². The first kappa shape index (κ1) is 21.1. The fourth-order valence-corrected chi connectivity index (χ4v) is 4.30. The molecular weight excluding hydrogens is 455 g/mol. The van der Waals surface area contributed by atoms with Crippen molar-refractivity contribution in [1.29, 1.82) is 0 Å². The molecule has 0 unspecified atom stereocenters. The Hall–Kier alpha value is -3.19. The highest BCUT2D eigenvalue weighted by molar-refractivity contribution is 7.21. The Labute approximate surface area is 191 Å². The first-order valence-electron chi connectivity index (χ1n) is 9.09. The van der Waals surface area contributed by atoms with Gasteiger partial charge in [0.2, 0.25) is 0 Å². The van der Waals surface area contributed by atoms with Crippen LogP contribution in [-0.4, -0.2) is 18.1 Å². The molecule has 1 heterocycles. The molecule has 0 fully saturated rings. The van der Waals surface area contributed by atoms with E-state index in [4.69, 9.17) is 27.9 Å². The van der Waals surface area contributed by atoms with Crippen molar-refractivity contribution in [2.45, 2.75) is 0 Å². The summed E-state index contributed by atoms with van der Waals surface area (Å²) in [4.78, 5) is 25.0. The van der Waals surface area contributed by atoms with Gasteiger partial charge in [-0.25, -0.2) is 10.2 Å². The number of fused-ring (bicyclic) bond motifs is 1. The number of carbonyl (C=O) groups excluding carboxylic acids is 2. The Morgan fingerprint density at radius 2 is 1.74 bits per heavy atom.